The Morgan fingerprint density at radius 2 is 2.33 bits per heavy atom. The van der Waals surface area contributed by atoms with Crippen LogP contribution in [0.3, 0.4) is 0 Å². The summed E-state index contributed by atoms with van der Waals surface area (Å²) in [5.41, 5.74) is 0.548. The van der Waals surface area contributed by atoms with Crippen LogP contribution in [0.25, 0.3) is 0 Å². The number of piperazine rings is 1. The summed E-state index contributed by atoms with van der Waals surface area (Å²) in [6.45, 7) is 2.28. The molecule has 0 radical (unpaired) electrons. The summed E-state index contributed by atoms with van der Waals surface area (Å²) >= 11 is 5.91. The van der Waals surface area contributed by atoms with Gasteiger partial charge in [-0.05, 0) is 18.2 Å². The minimum Gasteiger partial charge on any atom is -0.495 e. The lowest BCUT2D eigenvalue weighted by Crippen LogP contribution is -2.48. The van der Waals surface area contributed by atoms with E-state index in [0.717, 1.165) is 6.54 Å². The fraction of sp³-hybridized carbons (Fsp3) is 0.429. The molecule has 2 rings (SSSR count). The van der Waals surface area contributed by atoms with Gasteiger partial charge in [0.15, 0.2) is 0 Å². The lowest BCUT2D eigenvalue weighted by atomic mass is 10.2. The molecule has 1 fully saturated rings. The number of carbonyl (C=O) groups is 2. The van der Waals surface area contributed by atoms with Crippen molar-refractivity contribution < 1.29 is 14.3 Å². The first kappa shape index (κ1) is 15.6. The lowest BCUT2D eigenvalue weighted by Gasteiger charge is -2.26. The SMILES string of the molecule is COc1ccc(Cl)cc1NC(=O)CCN1CCNC(=O)C1. The van der Waals surface area contributed by atoms with Crippen LogP contribution < -0.4 is 15.4 Å². The van der Waals surface area contributed by atoms with Crippen LogP contribution in [0.15, 0.2) is 18.2 Å². The predicted octanol–water partition coefficient (Wildman–Crippen LogP) is 1.11. The van der Waals surface area contributed by atoms with Crippen LogP contribution in [0.5, 0.6) is 5.75 Å². The molecule has 114 valence electrons. The number of ether oxygens (including phenoxy) is 1. The van der Waals surface area contributed by atoms with E-state index in [1.807, 2.05) is 4.90 Å². The van der Waals surface area contributed by atoms with E-state index in [4.69, 9.17) is 16.3 Å². The zero-order chi connectivity index (χ0) is 15.2. The van der Waals surface area contributed by atoms with Gasteiger partial charge in [-0.15, -0.1) is 0 Å². The summed E-state index contributed by atoms with van der Waals surface area (Å²) in [5.74, 6) is 0.421. The predicted molar refractivity (Wildman–Crippen MR) is 80.7 cm³/mol. The molecule has 2 amide bonds. The number of halogens is 1. The van der Waals surface area contributed by atoms with Crippen LogP contribution in [0.1, 0.15) is 6.42 Å². The molecule has 0 aliphatic carbocycles. The Morgan fingerprint density at radius 3 is 3.05 bits per heavy atom. The number of anilines is 1. The molecule has 0 unspecified atom stereocenters. The second-order valence-electron chi connectivity index (χ2n) is 4.77. The summed E-state index contributed by atoms with van der Waals surface area (Å²) in [5, 5.41) is 6.05. The number of carbonyl (C=O) groups excluding carboxylic acids is 2. The molecule has 1 aromatic carbocycles. The zero-order valence-corrected chi connectivity index (χ0v) is 12.6. The smallest absolute Gasteiger partial charge is 0.234 e. The highest BCUT2D eigenvalue weighted by molar-refractivity contribution is 6.31. The summed E-state index contributed by atoms with van der Waals surface area (Å²) in [4.78, 5) is 25.2. The van der Waals surface area contributed by atoms with E-state index in [1.54, 1.807) is 18.2 Å². The van der Waals surface area contributed by atoms with Gasteiger partial charge in [-0.25, -0.2) is 0 Å². The first-order chi connectivity index (χ1) is 10.1. The Morgan fingerprint density at radius 1 is 1.52 bits per heavy atom. The van der Waals surface area contributed by atoms with Crippen LogP contribution in [0, 0.1) is 0 Å². The number of nitrogens with zero attached hydrogens (tertiary/aromatic N) is 1. The van der Waals surface area contributed by atoms with Crippen LogP contribution in [0.2, 0.25) is 5.02 Å². The lowest BCUT2D eigenvalue weighted by molar-refractivity contribution is -0.125. The maximum Gasteiger partial charge on any atom is 0.234 e. The number of benzene rings is 1. The normalized spacial score (nSPS) is 15.4. The number of hydrogen-bond donors (Lipinski definition) is 2. The largest absolute Gasteiger partial charge is 0.495 e. The van der Waals surface area contributed by atoms with Crippen molar-refractivity contribution in [1.29, 1.82) is 0 Å². The molecule has 1 aliphatic heterocycles. The average Bonchev–Trinajstić information content (AvgIpc) is 2.45. The first-order valence-corrected chi connectivity index (χ1v) is 7.08. The van der Waals surface area contributed by atoms with Crippen molar-refractivity contribution in [3.63, 3.8) is 0 Å². The maximum absolute atomic E-state index is 12.0. The average molecular weight is 312 g/mol. The van der Waals surface area contributed by atoms with Gasteiger partial charge in [0.25, 0.3) is 0 Å². The highest BCUT2D eigenvalue weighted by Crippen LogP contribution is 2.27. The molecule has 1 heterocycles. The van der Waals surface area contributed by atoms with E-state index in [2.05, 4.69) is 10.6 Å². The fourth-order valence-corrected chi connectivity index (χ4v) is 2.30. The maximum atomic E-state index is 12.0. The molecular formula is C14H18ClN3O3. The van der Waals surface area contributed by atoms with Crippen LogP contribution in [0.4, 0.5) is 5.69 Å². The van der Waals surface area contributed by atoms with Crippen molar-refractivity contribution in [2.45, 2.75) is 6.42 Å². The van der Waals surface area contributed by atoms with Crippen molar-refractivity contribution in [3.05, 3.63) is 23.2 Å². The fourth-order valence-electron chi connectivity index (χ4n) is 2.13. The van der Waals surface area contributed by atoms with Gasteiger partial charge >= 0.3 is 0 Å². The van der Waals surface area contributed by atoms with E-state index in [1.165, 1.54) is 7.11 Å². The van der Waals surface area contributed by atoms with Crippen LogP contribution >= 0.6 is 11.6 Å². The van der Waals surface area contributed by atoms with Gasteiger partial charge in [-0.3, -0.25) is 14.5 Å². The third kappa shape index (κ3) is 4.61. The Balaban J connectivity index is 1.87. The van der Waals surface area contributed by atoms with E-state index < -0.39 is 0 Å². The van der Waals surface area contributed by atoms with Gasteiger partial charge in [0, 0.05) is 31.1 Å². The minimum absolute atomic E-state index is 0.00170. The van der Waals surface area contributed by atoms with E-state index >= 15 is 0 Å². The third-order valence-corrected chi connectivity index (χ3v) is 3.44. The zero-order valence-electron chi connectivity index (χ0n) is 11.8. The van der Waals surface area contributed by atoms with Crippen LogP contribution in [-0.4, -0.2) is 50.0 Å². The number of amides is 2. The molecule has 0 saturated carbocycles. The van der Waals surface area contributed by atoms with Gasteiger partial charge in [0.05, 0.1) is 19.3 Å². The van der Waals surface area contributed by atoms with E-state index in [9.17, 15) is 9.59 Å². The first-order valence-electron chi connectivity index (χ1n) is 6.71. The minimum atomic E-state index is -0.137. The van der Waals surface area contributed by atoms with Crippen molar-refractivity contribution in [1.82, 2.24) is 10.2 Å². The molecule has 0 bridgehead atoms. The highest BCUT2D eigenvalue weighted by atomic mass is 35.5. The quantitative estimate of drug-likeness (QED) is 0.854. The van der Waals surface area contributed by atoms with Crippen molar-refractivity contribution in [2.75, 3.05) is 38.6 Å². The Bertz CT molecular complexity index is 536. The summed E-state index contributed by atoms with van der Waals surface area (Å²) in [6.07, 6.45) is 0.308. The Kier molecular flexibility index (Phi) is 5.41. The number of hydrogen-bond acceptors (Lipinski definition) is 4. The van der Waals surface area contributed by atoms with E-state index in [-0.39, 0.29) is 11.8 Å². The Hall–Kier alpha value is -1.79. The van der Waals surface area contributed by atoms with Gasteiger partial charge < -0.3 is 15.4 Å². The van der Waals surface area contributed by atoms with Crippen molar-refractivity contribution >= 4 is 29.1 Å². The molecule has 6 nitrogen and oxygen atoms in total. The molecule has 0 spiro atoms. The monoisotopic (exact) mass is 311 g/mol. The topological polar surface area (TPSA) is 70.7 Å². The number of methoxy groups -OCH3 is 1. The Labute approximate surface area is 128 Å². The summed E-state index contributed by atoms with van der Waals surface area (Å²) in [6, 6.07) is 5.04. The summed E-state index contributed by atoms with van der Waals surface area (Å²) < 4.78 is 5.17. The molecule has 7 heteroatoms. The van der Waals surface area contributed by atoms with Crippen molar-refractivity contribution in [3.8, 4) is 5.75 Å². The molecule has 2 N–H and O–H groups in total. The van der Waals surface area contributed by atoms with Crippen molar-refractivity contribution in [2.24, 2.45) is 0 Å². The third-order valence-electron chi connectivity index (χ3n) is 3.21. The number of nitrogens with one attached hydrogen (secondary N) is 2. The summed E-state index contributed by atoms with van der Waals surface area (Å²) in [7, 11) is 1.53. The molecule has 0 atom stereocenters. The molecule has 1 aromatic rings. The standard InChI is InChI=1S/C14H18ClN3O3/c1-21-12-3-2-10(15)8-11(12)17-13(19)4-6-18-7-5-16-14(20)9-18/h2-3,8H,4-7,9H2,1H3,(H,16,20)(H,17,19). The molecule has 1 aliphatic rings. The van der Waals surface area contributed by atoms with Gasteiger partial charge in [0.1, 0.15) is 5.75 Å². The second kappa shape index (κ2) is 7.28. The van der Waals surface area contributed by atoms with E-state index in [0.29, 0.717) is 42.5 Å². The number of rotatable bonds is 5. The molecular weight excluding hydrogens is 294 g/mol. The molecule has 21 heavy (non-hydrogen) atoms. The highest BCUT2D eigenvalue weighted by Gasteiger charge is 2.17. The van der Waals surface area contributed by atoms with Gasteiger partial charge in [0.2, 0.25) is 11.8 Å². The van der Waals surface area contributed by atoms with Gasteiger partial charge in [-0.1, -0.05) is 11.6 Å². The van der Waals surface area contributed by atoms with Crippen LogP contribution in [-0.2, 0) is 9.59 Å². The molecule has 1 saturated heterocycles. The molecule has 0 aromatic heterocycles. The second-order valence-corrected chi connectivity index (χ2v) is 5.21. The van der Waals surface area contributed by atoms with Gasteiger partial charge in [-0.2, -0.15) is 0 Å².